The highest BCUT2D eigenvalue weighted by Gasteiger charge is 2.27. The molecule has 5 nitrogen and oxygen atoms in total. The Morgan fingerprint density at radius 3 is 2.92 bits per heavy atom. The van der Waals surface area contributed by atoms with Gasteiger partial charge in [0.15, 0.2) is 11.5 Å². The number of hydrogen-bond acceptors (Lipinski definition) is 5. The zero-order valence-electron chi connectivity index (χ0n) is 5.90. The molecule has 0 unspecified atom stereocenters. The smallest absolute Gasteiger partial charge is 0.231 e. The van der Waals surface area contributed by atoms with Gasteiger partial charge in [-0.1, -0.05) is 5.16 Å². The minimum Gasteiger partial charge on any atom is -0.395 e. The summed E-state index contributed by atoms with van der Waals surface area (Å²) in [6, 6.07) is 0. The molecule has 2 N–H and O–H groups in total. The quantitative estimate of drug-likeness (QED) is 0.578. The number of Topliss-reactive ketones (excluding diaryl/α,β-unsaturated/α-hetero) is 1. The summed E-state index contributed by atoms with van der Waals surface area (Å²) in [5, 5.41) is 3.37. The number of carbonyl (C=O) groups excluding carboxylic acids is 2. The summed E-state index contributed by atoms with van der Waals surface area (Å²) in [6.45, 7) is 0. The van der Waals surface area contributed by atoms with Crippen molar-refractivity contribution in [3.05, 3.63) is 29.3 Å². The molecule has 12 heavy (non-hydrogen) atoms. The fourth-order valence-electron chi connectivity index (χ4n) is 0.997. The number of allylic oxidation sites excluding steroid dienone is 2. The lowest BCUT2D eigenvalue weighted by atomic mass is 10.0. The molecule has 1 heterocycles. The van der Waals surface area contributed by atoms with E-state index in [4.69, 9.17) is 5.73 Å². The highest BCUT2D eigenvalue weighted by atomic mass is 16.5. The molecule has 1 aromatic heterocycles. The van der Waals surface area contributed by atoms with Crippen molar-refractivity contribution in [2.24, 2.45) is 5.73 Å². The first-order valence-electron chi connectivity index (χ1n) is 3.20. The number of rotatable bonds is 0. The van der Waals surface area contributed by atoms with Crippen LogP contribution in [0, 0.1) is 0 Å². The van der Waals surface area contributed by atoms with Crippen LogP contribution in [0.5, 0.6) is 0 Å². The van der Waals surface area contributed by atoms with Gasteiger partial charge in [-0.25, -0.2) is 0 Å². The second-order valence-electron chi connectivity index (χ2n) is 2.37. The Kier molecular flexibility index (Phi) is 1.15. The molecule has 0 amide bonds. The average Bonchev–Trinajstić information content (AvgIpc) is 2.48. The second kappa shape index (κ2) is 2.04. The van der Waals surface area contributed by atoms with Crippen molar-refractivity contribution in [3.8, 4) is 0 Å². The minimum atomic E-state index is -0.460. The van der Waals surface area contributed by atoms with Crippen LogP contribution in [0.1, 0.15) is 20.8 Å². The first kappa shape index (κ1) is 6.78. The van der Waals surface area contributed by atoms with Gasteiger partial charge in [-0.2, -0.15) is 0 Å². The highest BCUT2D eigenvalue weighted by molar-refractivity contribution is 6.23. The first-order chi connectivity index (χ1) is 5.70. The van der Waals surface area contributed by atoms with E-state index in [0.717, 1.165) is 12.3 Å². The third-order valence-corrected chi connectivity index (χ3v) is 1.60. The molecule has 0 saturated heterocycles. The van der Waals surface area contributed by atoms with Crippen LogP contribution < -0.4 is 5.73 Å². The Morgan fingerprint density at radius 1 is 1.42 bits per heavy atom. The molecular weight excluding hydrogens is 160 g/mol. The predicted molar refractivity (Wildman–Crippen MR) is 37.4 cm³/mol. The number of nitrogens with two attached hydrogens (primary N) is 1. The zero-order chi connectivity index (χ0) is 8.72. The summed E-state index contributed by atoms with van der Waals surface area (Å²) in [4.78, 5) is 22.2. The van der Waals surface area contributed by atoms with Crippen molar-refractivity contribution < 1.29 is 14.1 Å². The third-order valence-electron chi connectivity index (χ3n) is 1.60. The molecule has 0 fully saturated rings. The van der Waals surface area contributed by atoms with Crippen LogP contribution >= 0.6 is 0 Å². The van der Waals surface area contributed by atoms with E-state index >= 15 is 0 Å². The number of ketones is 2. The van der Waals surface area contributed by atoms with Crippen LogP contribution in [0.4, 0.5) is 0 Å². The standard InChI is InChI=1S/C7H4N2O3/c8-4-1-5(10)3-2-12-9-6(3)7(4)11/h1-2H,8H2. The number of aromatic nitrogens is 1. The van der Waals surface area contributed by atoms with Gasteiger partial charge >= 0.3 is 0 Å². The van der Waals surface area contributed by atoms with E-state index in [1.54, 1.807) is 0 Å². The molecular formula is C7H4N2O3. The molecule has 1 aliphatic carbocycles. The summed E-state index contributed by atoms with van der Waals surface area (Å²) >= 11 is 0. The van der Waals surface area contributed by atoms with Crippen LogP contribution in [0.15, 0.2) is 22.6 Å². The lowest BCUT2D eigenvalue weighted by molar-refractivity contribution is 0.0979. The van der Waals surface area contributed by atoms with Crippen LogP contribution in [0.3, 0.4) is 0 Å². The molecule has 0 aliphatic heterocycles. The van der Waals surface area contributed by atoms with Gasteiger partial charge in [0.05, 0.1) is 11.3 Å². The fraction of sp³-hybridized carbons (Fsp3) is 0. The maximum atomic E-state index is 11.2. The van der Waals surface area contributed by atoms with Gasteiger partial charge in [-0.3, -0.25) is 9.59 Å². The third kappa shape index (κ3) is 0.701. The SMILES string of the molecule is NC1=CC(=O)c2conc2C1=O. The van der Waals surface area contributed by atoms with Gasteiger partial charge in [0, 0.05) is 6.08 Å². The van der Waals surface area contributed by atoms with Gasteiger partial charge < -0.3 is 10.3 Å². The van der Waals surface area contributed by atoms with E-state index in [0.29, 0.717) is 0 Å². The van der Waals surface area contributed by atoms with Crippen molar-refractivity contribution in [2.75, 3.05) is 0 Å². The Bertz CT molecular complexity index is 403. The molecule has 60 valence electrons. The molecule has 1 aliphatic rings. The molecule has 2 rings (SSSR count). The number of fused-ring (bicyclic) bond motifs is 1. The summed E-state index contributed by atoms with van der Waals surface area (Å²) in [6.07, 6.45) is 2.21. The maximum Gasteiger partial charge on any atom is 0.231 e. The molecule has 0 spiro atoms. The summed E-state index contributed by atoms with van der Waals surface area (Å²) < 4.78 is 4.48. The van der Waals surface area contributed by atoms with Gasteiger partial charge in [-0.05, 0) is 0 Å². The normalized spacial score (nSPS) is 15.8. The zero-order valence-corrected chi connectivity index (χ0v) is 5.90. The lowest BCUT2D eigenvalue weighted by Gasteiger charge is -2.03. The van der Waals surface area contributed by atoms with E-state index < -0.39 is 5.78 Å². The minimum absolute atomic E-state index is 0.000000000000000222. The van der Waals surface area contributed by atoms with Crippen LogP contribution in [0.2, 0.25) is 0 Å². The Balaban J connectivity index is 2.67. The largest absolute Gasteiger partial charge is 0.395 e. The molecule has 0 saturated carbocycles. The van der Waals surface area contributed by atoms with Gasteiger partial charge in [-0.15, -0.1) is 0 Å². The van der Waals surface area contributed by atoms with Crippen LogP contribution in [0.25, 0.3) is 0 Å². The van der Waals surface area contributed by atoms with E-state index in [1.165, 1.54) is 0 Å². The molecule has 0 aromatic carbocycles. The van der Waals surface area contributed by atoms with E-state index in [9.17, 15) is 9.59 Å². The van der Waals surface area contributed by atoms with Crippen molar-refractivity contribution >= 4 is 11.6 Å². The Morgan fingerprint density at radius 2 is 2.17 bits per heavy atom. The Hall–Kier alpha value is -1.91. The molecule has 1 aromatic rings. The lowest BCUT2D eigenvalue weighted by Crippen LogP contribution is -2.20. The number of nitrogens with zero attached hydrogens (tertiary/aromatic N) is 1. The summed E-state index contributed by atoms with van der Waals surface area (Å²) in [7, 11) is 0. The average molecular weight is 164 g/mol. The fourth-order valence-corrected chi connectivity index (χ4v) is 0.997. The maximum absolute atomic E-state index is 11.2. The Labute approximate surface area is 66.8 Å². The molecule has 0 atom stereocenters. The summed E-state index contributed by atoms with van der Waals surface area (Å²) in [5.41, 5.74) is 5.33. The van der Waals surface area contributed by atoms with Crippen LogP contribution in [-0.4, -0.2) is 16.7 Å². The monoisotopic (exact) mass is 164 g/mol. The van der Waals surface area contributed by atoms with Gasteiger partial charge in [0.1, 0.15) is 6.26 Å². The van der Waals surface area contributed by atoms with E-state index in [1.807, 2.05) is 0 Å². The van der Waals surface area contributed by atoms with Crippen LogP contribution in [-0.2, 0) is 0 Å². The van der Waals surface area contributed by atoms with Crippen molar-refractivity contribution in [3.63, 3.8) is 0 Å². The number of carbonyl (C=O) groups is 2. The number of hydrogen-bond donors (Lipinski definition) is 1. The second-order valence-corrected chi connectivity index (χ2v) is 2.37. The highest BCUT2D eigenvalue weighted by Crippen LogP contribution is 2.16. The van der Waals surface area contributed by atoms with Gasteiger partial charge in [0.2, 0.25) is 5.78 Å². The van der Waals surface area contributed by atoms with E-state index in [-0.39, 0.29) is 22.7 Å². The predicted octanol–water partition coefficient (Wildman–Crippen LogP) is -0.104. The van der Waals surface area contributed by atoms with Crippen molar-refractivity contribution in [1.82, 2.24) is 5.16 Å². The van der Waals surface area contributed by atoms with Crippen molar-refractivity contribution in [1.29, 1.82) is 0 Å². The topological polar surface area (TPSA) is 86.2 Å². The molecule has 0 radical (unpaired) electrons. The first-order valence-corrected chi connectivity index (χ1v) is 3.20. The van der Waals surface area contributed by atoms with Crippen molar-refractivity contribution in [2.45, 2.75) is 0 Å². The van der Waals surface area contributed by atoms with Gasteiger partial charge in [0.25, 0.3) is 0 Å². The van der Waals surface area contributed by atoms with E-state index in [2.05, 4.69) is 9.68 Å². The molecule has 5 heteroatoms. The summed E-state index contributed by atoms with van der Waals surface area (Å²) in [5.74, 6) is -0.804. The molecule has 0 bridgehead atoms.